The highest BCUT2D eigenvalue weighted by molar-refractivity contribution is 5.81. The summed E-state index contributed by atoms with van der Waals surface area (Å²) in [5.74, 6) is -3.07. The fraction of sp³-hybridized carbons (Fsp3) is 0.467. The predicted octanol–water partition coefficient (Wildman–Crippen LogP) is 1.40. The molecule has 1 aromatic carbocycles. The highest BCUT2D eigenvalue weighted by Crippen LogP contribution is 2.21. The van der Waals surface area contributed by atoms with E-state index in [0.717, 1.165) is 13.1 Å². The number of nitrogens with zero attached hydrogens (tertiary/aromatic N) is 1. The number of hydrogen-bond acceptors (Lipinski definition) is 5. The van der Waals surface area contributed by atoms with Gasteiger partial charge in [0.25, 0.3) is 0 Å². The Balaban J connectivity index is 0.000000351. The summed E-state index contributed by atoms with van der Waals surface area (Å²) in [6.07, 6.45) is -4.42. The van der Waals surface area contributed by atoms with Gasteiger partial charge >= 0.3 is 18.1 Å². The van der Waals surface area contributed by atoms with E-state index in [-0.39, 0.29) is 5.97 Å². The third-order valence-corrected chi connectivity index (χ3v) is 3.46. The summed E-state index contributed by atoms with van der Waals surface area (Å²) in [7, 11) is 1.39. The number of hydrogen-bond donors (Lipinski definition) is 2. The van der Waals surface area contributed by atoms with Crippen LogP contribution in [-0.2, 0) is 20.9 Å². The maximum Gasteiger partial charge on any atom is 0.490 e. The Morgan fingerprint density at radius 3 is 2.33 bits per heavy atom. The Bertz CT molecular complexity index is 566. The van der Waals surface area contributed by atoms with Crippen molar-refractivity contribution in [2.45, 2.75) is 24.7 Å². The summed E-state index contributed by atoms with van der Waals surface area (Å²) in [5.41, 5.74) is 6.45. The number of carboxylic acids is 1. The third-order valence-electron chi connectivity index (χ3n) is 3.46. The molecule has 134 valence electrons. The van der Waals surface area contributed by atoms with Gasteiger partial charge in [-0.1, -0.05) is 30.3 Å². The van der Waals surface area contributed by atoms with Crippen LogP contribution in [0.5, 0.6) is 0 Å². The van der Waals surface area contributed by atoms with E-state index >= 15 is 0 Å². The Morgan fingerprint density at radius 1 is 1.33 bits per heavy atom. The molecule has 1 unspecified atom stereocenters. The second kappa shape index (κ2) is 8.11. The molecule has 0 amide bonds. The highest BCUT2D eigenvalue weighted by Gasteiger charge is 2.42. The van der Waals surface area contributed by atoms with Crippen molar-refractivity contribution in [2.75, 3.05) is 20.2 Å². The number of carbonyl (C=O) groups excluding carboxylic acids is 1. The van der Waals surface area contributed by atoms with Gasteiger partial charge in [-0.15, -0.1) is 0 Å². The van der Waals surface area contributed by atoms with Crippen LogP contribution >= 0.6 is 0 Å². The molecule has 1 saturated heterocycles. The summed E-state index contributed by atoms with van der Waals surface area (Å²) >= 11 is 0. The first-order chi connectivity index (χ1) is 11.1. The van der Waals surface area contributed by atoms with E-state index in [9.17, 15) is 18.0 Å². The molecule has 0 saturated carbocycles. The zero-order valence-electron chi connectivity index (χ0n) is 13.0. The summed E-state index contributed by atoms with van der Waals surface area (Å²) < 4.78 is 36.5. The van der Waals surface area contributed by atoms with Crippen molar-refractivity contribution in [1.82, 2.24) is 4.90 Å². The lowest BCUT2D eigenvalue weighted by Gasteiger charge is -2.21. The minimum absolute atomic E-state index is 0.312. The highest BCUT2D eigenvalue weighted by atomic mass is 19.4. The van der Waals surface area contributed by atoms with Crippen LogP contribution < -0.4 is 5.73 Å². The smallest absolute Gasteiger partial charge is 0.475 e. The zero-order chi connectivity index (χ0) is 18.4. The number of likely N-dealkylation sites (tertiary alicyclic amines) is 1. The molecule has 0 radical (unpaired) electrons. The van der Waals surface area contributed by atoms with Crippen LogP contribution in [0.3, 0.4) is 0 Å². The standard InChI is InChI=1S/C13H18N2O2.C2HF3O2/c1-17-12(16)13(14)7-8-15(10-13)9-11-5-3-2-4-6-11;3-2(4,5)1(6)7/h2-6H,7-10,14H2,1H3;(H,6,7). The van der Waals surface area contributed by atoms with Crippen molar-refractivity contribution in [2.24, 2.45) is 5.73 Å². The molecule has 0 aromatic heterocycles. The van der Waals surface area contributed by atoms with Gasteiger partial charge in [-0.2, -0.15) is 13.2 Å². The number of methoxy groups -OCH3 is 1. The molecule has 1 fully saturated rings. The summed E-state index contributed by atoms with van der Waals surface area (Å²) in [4.78, 5) is 22.6. The molecule has 1 atom stereocenters. The van der Waals surface area contributed by atoms with E-state index in [2.05, 4.69) is 17.0 Å². The number of halogens is 3. The second-order valence-electron chi connectivity index (χ2n) is 5.40. The minimum Gasteiger partial charge on any atom is -0.475 e. The number of carbonyl (C=O) groups is 2. The molecule has 9 heteroatoms. The van der Waals surface area contributed by atoms with Crippen LogP contribution in [0, 0.1) is 0 Å². The topological polar surface area (TPSA) is 92.9 Å². The average molecular weight is 348 g/mol. The van der Waals surface area contributed by atoms with Crippen LogP contribution in [-0.4, -0.2) is 53.9 Å². The molecule has 1 heterocycles. The zero-order valence-corrected chi connectivity index (χ0v) is 13.0. The first-order valence-electron chi connectivity index (χ1n) is 7.02. The van der Waals surface area contributed by atoms with Crippen LogP contribution in [0.2, 0.25) is 0 Å². The number of alkyl halides is 3. The maximum atomic E-state index is 11.6. The number of benzene rings is 1. The van der Waals surface area contributed by atoms with Crippen molar-refractivity contribution in [3.8, 4) is 0 Å². The third kappa shape index (κ3) is 5.82. The second-order valence-corrected chi connectivity index (χ2v) is 5.40. The molecule has 1 aliphatic heterocycles. The SMILES string of the molecule is COC(=O)C1(N)CCN(Cc2ccccc2)C1.O=C(O)C(F)(F)F. The number of carboxylic acid groups (broad SMARTS) is 1. The van der Waals surface area contributed by atoms with Gasteiger partial charge in [0.1, 0.15) is 5.54 Å². The Labute approximate surface area is 137 Å². The van der Waals surface area contributed by atoms with Crippen molar-refractivity contribution >= 4 is 11.9 Å². The minimum atomic E-state index is -5.08. The van der Waals surface area contributed by atoms with E-state index in [1.165, 1.54) is 12.7 Å². The van der Waals surface area contributed by atoms with Gasteiger partial charge in [0.05, 0.1) is 7.11 Å². The fourth-order valence-corrected chi connectivity index (χ4v) is 2.26. The van der Waals surface area contributed by atoms with Gasteiger partial charge in [-0.25, -0.2) is 4.79 Å². The molecular weight excluding hydrogens is 329 g/mol. The van der Waals surface area contributed by atoms with Crippen molar-refractivity contribution in [3.05, 3.63) is 35.9 Å². The summed E-state index contributed by atoms with van der Waals surface area (Å²) in [5, 5.41) is 7.12. The van der Waals surface area contributed by atoms with Crippen molar-refractivity contribution in [1.29, 1.82) is 0 Å². The summed E-state index contributed by atoms with van der Waals surface area (Å²) in [6.45, 7) is 2.23. The molecular formula is C15H19F3N2O4. The van der Waals surface area contributed by atoms with Crippen LogP contribution in [0.4, 0.5) is 13.2 Å². The lowest BCUT2D eigenvalue weighted by atomic mass is 10.0. The van der Waals surface area contributed by atoms with Crippen LogP contribution in [0.25, 0.3) is 0 Å². The molecule has 3 N–H and O–H groups in total. The fourth-order valence-electron chi connectivity index (χ4n) is 2.26. The average Bonchev–Trinajstić information content (AvgIpc) is 2.89. The maximum absolute atomic E-state index is 11.6. The Morgan fingerprint density at radius 2 is 1.88 bits per heavy atom. The predicted molar refractivity (Wildman–Crippen MR) is 79.0 cm³/mol. The normalized spacial score (nSPS) is 20.9. The van der Waals surface area contributed by atoms with Gasteiger partial charge < -0.3 is 15.6 Å². The lowest BCUT2D eigenvalue weighted by molar-refractivity contribution is -0.192. The number of ether oxygens (including phenoxy) is 1. The van der Waals surface area contributed by atoms with Gasteiger partial charge in [0, 0.05) is 19.6 Å². The molecule has 24 heavy (non-hydrogen) atoms. The van der Waals surface area contributed by atoms with E-state index < -0.39 is 17.7 Å². The van der Waals surface area contributed by atoms with Gasteiger partial charge in [0.2, 0.25) is 0 Å². The molecule has 2 rings (SSSR count). The van der Waals surface area contributed by atoms with Gasteiger partial charge in [-0.3, -0.25) is 9.69 Å². The first kappa shape index (κ1) is 19.9. The van der Waals surface area contributed by atoms with Crippen LogP contribution in [0.15, 0.2) is 30.3 Å². The molecule has 0 bridgehead atoms. The number of nitrogens with two attached hydrogens (primary N) is 1. The largest absolute Gasteiger partial charge is 0.490 e. The molecule has 1 aliphatic rings. The Hall–Kier alpha value is -2.13. The van der Waals surface area contributed by atoms with Crippen LogP contribution in [0.1, 0.15) is 12.0 Å². The first-order valence-corrected chi connectivity index (χ1v) is 7.02. The van der Waals surface area contributed by atoms with E-state index in [1.54, 1.807) is 0 Å². The van der Waals surface area contributed by atoms with Gasteiger partial charge in [-0.05, 0) is 12.0 Å². The Kier molecular flexibility index (Phi) is 6.73. The van der Waals surface area contributed by atoms with E-state index in [4.69, 9.17) is 20.4 Å². The van der Waals surface area contributed by atoms with Crippen molar-refractivity contribution < 1.29 is 32.6 Å². The molecule has 1 aromatic rings. The molecule has 6 nitrogen and oxygen atoms in total. The van der Waals surface area contributed by atoms with Crippen molar-refractivity contribution in [3.63, 3.8) is 0 Å². The number of aliphatic carboxylic acids is 1. The monoisotopic (exact) mass is 348 g/mol. The quantitative estimate of drug-likeness (QED) is 0.802. The number of esters is 1. The lowest BCUT2D eigenvalue weighted by Crippen LogP contribution is -2.50. The van der Waals surface area contributed by atoms with E-state index in [0.29, 0.717) is 13.0 Å². The number of rotatable bonds is 3. The molecule has 0 aliphatic carbocycles. The molecule has 0 spiro atoms. The summed E-state index contributed by atoms with van der Waals surface area (Å²) in [6, 6.07) is 10.2. The van der Waals surface area contributed by atoms with E-state index in [1.807, 2.05) is 18.2 Å². The van der Waals surface area contributed by atoms with Gasteiger partial charge in [0.15, 0.2) is 0 Å².